The number of nitrogens with zero attached hydrogens (tertiary/aromatic N) is 1. The second kappa shape index (κ2) is 4.85. The lowest BCUT2D eigenvalue weighted by molar-refractivity contribution is 0.414. The second-order valence-electron chi connectivity index (χ2n) is 2.74. The van der Waals surface area contributed by atoms with E-state index < -0.39 is 0 Å². The van der Waals surface area contributed by atoms with Crippen molar-refractivity contribution in [2.24, 2.45) is 0 Å². The van der Waals surface area contributed by atoms with Crippen molar-refractivity contribution in [3.63, 3.8) is 0 Å². The van der Waals surface area contributed by atoms with Gasteiger partial charge in [-0.25, -0.2) is 0 Å². The number of nitriles is 1. The Balaban J connectivity index is 3.06. The molecule has 1 N–H and O–H groups in total. The molecule has 74 valence electrons. The minimum atomic E-state index is -0.381. The third kappa shape index (κ3) is 2.16. The van der Waals surface area contributed by atoms with Crippen molar-refractivity contribution in [2.45, 2.75) is 6.04 Å². The van der Waals surface area contributed by atoms with Crippen molar-refractivity contribution in [3.8, 4) is 11.8 Å². The summed E-state index contributed by atoms with van der Waals surface area (Å²) < 4.78 is 5.01. The monoisotopic (exact) mass is 210 g/mol. The molecule has 1 aromatic rings. The molecule has 0 aliphatic carbocycles. The highest BCUT2D eigenvalue weighted by molar-refractivity contribution is 6.31. The Labute approximate surface area is 88.3 Å². The van der Waals surface area contributed by atoms with Gasteiger partial charge in [-0.05, 0) is 19.2 Å². The number of methoxy groups -OCH3 is 1. The molecule has 14 heavy (non-hydrogen) atoms. The van der Waals surface area contributed by atoms with Crippen LogP contribution in [0.4, 0.5) is 0 Å². The van der Waals surface area contributed by atoms with Gasteiger partial charge in [0.1, 0.15) is 11.8 Å². The minimum absolute atomic E-state index is 0.381. The summed E-state index contributed by atoms with van der Waals surface area (Å²) >= 11 is 5.99. The Morgan fingerprint density at radius 1 is 1.57 bits per heavy atom. The lowest BCUT2D eigenvalue weighted by Gasteiger charge is -2.10. The van der Waals surface area contributed by atoms with Crippen LogP contribution in [0.25, 0.3) is 0 Å². The van der Waals surface area contributed by atoms with Gasteiger partial charge in [-0.1, -0.05) is 17.7 Å². The first-order valence-electron chi connectivity index (χ1n) is 4.13. The first-order chi connectivity index (χ1) is 6.72. The van der Waals surface area contributed by atoms with E-state index in [9.17, 15) is 0 Å². The quantitative estimate of drug-likeness (QED) is 0.832. The van der Waals surface area contributed by atoms with Crippen LogP contribution in [-0.4, -0.2) is 14.2 Å². The number of nitrogens with one attached hydrogen (secondary N) is 1. The largest absolute Gasteiger partial charge is 0.497 e. The zero-order valence-electron chi connectivity index (χ0n) is 8.04. The number of benzene rings is 1. The highest BCUT2D eigenvalue weighted by atomic mass is 35.5. The van der Waals surface area contributed by atoms with Crippen LogP contribution < -0.4 is 10.1 Å². The van der Waals surface area contributed by atoms with Crippen LogP contribution in [0.15, 0.2) is 18.2 Å². The van der Waals surface area contributed by atoms with Gasteiger partial charge in [0, 0.05) is 5.56 Å². The summed E-state index contributed by atoms with van der Waals surface area (Å²) in [7, 11) is 3.29. The Hall–Kier alpha value is -1.24. The molecule has 0 aromatic heterocycles. The Kier molecular flexibility index (Phi) is 3.75. The number of rotatable bonds is 3. The lowest BCUT2D eigenvalue weighted by atomic mass is 10.1. The summed E-state index contributed by atoms with van der Waals surface area (Å²) in [6.45, 7) is 0. The van der Waals surface area contributed by atoms with Crippen molar-refractivity contribution in [1.82, 2.24) is 5.32 Å². The molecule has 1 aromatic carbocycles. The summed E-state index contributed by atoms with van der Waals surface area (Å²) in [6, 6.07) is 6.99. The maximum Gasteiger partial charge on any atom is 0.122 e. The van der Waals surface area contributed by atoms with Gasteiger partial charge in [0.25, 0.3) is 0 Å². The van der Waals surface area contributed by atoms with E-state index in [-0.39, 0.29) is 6.04 Å². The Bertz CT molecular complexity index is 360. The first kappa shape index (κ1) is 10.8. The maximum atomic E-state index is 8.83. The van der Waals surface area contributed by atoms with Crippen LogP contribution in [0.3, 0.4) is 0 Å². The summed E-state index contributed by atoms with van der Waals surface area (Å²) in [6.07, 6.45) is 0. The lowest BCUT2D eigenvalue weighted by Crippen LogP contribution is -2.14. The van der Waals surface area contributed by atoms with Crippen LogP contribution in [0.2, 0.25) is 5.02 Å². The summed E-state index contributed by atoms with van der Waals surface area (Å²) in [5.41, 5.74) is 0.762. The standard InChI is InChI=1S/C10H11ClN2O/c1-13-10(6-12)8-4-3-7(14-2)5-9(8)11/h3-5,10,13H,1-2H3. The summed E-state index contributed by atoms with van der Waals surface area (Å²) in [4.78, 5) is 0. The average Bonchev–Trinajstić information content (AvgIpc) is 2.22. The number of hydrogen-bond donors (Lipinski definition) is 1. The minimum Gasteiger partial charge on any atom is -0.497 e. The average molecular weight is 211 g/mol. The SMILES string of the molecule is CNC(C#N)c1ccc(OC)cc1Cl. The van der Waals surface area contributed by atoms with E-state index in [2.05, 4.69) is 11.4 Å². The van der Waals surface area contributed by atoms with Gasteiger partial charge in [-0.3, -0.25) is 0 Å². The molecule has 0 saturated heterocycles. The van der Waals surface area contributed by atoms with Gasteiger partial charge in [0.15, 0.2) is 0 Å². The second-order valence-corrected chi connectivity index (χ2v) is 3.15. The molecule has 1 rings (SSSR count). The number of hydrogen-bond acceptors (Lipinski definition) is 3. The fourth-order valence-electron chi connectivity index (χ4n) is 1.16. The molecule has 0 heterocycles. The van der Waals surface area contributed by atoms with Gasteiger partial charge in [0.2, 0.25) is 0 Å². The summed E-state index contributed by atoms with van der Waals surface area (Å²) in [5.74, 6) is 0.687. The molecule has 0 aliphatic rings. The predicted molar refractivity (Wildman–Crippen MR) is 55.4 cm³/mol. The van der Waals surface area contributed by atoms with Gasteiger partial charge in [-0.15, -0.1) is 0 Å². The van der Waals surface area contributed by atoms with E-state index in [1.54, 1.807) is 32.4 Å². The fraction of sp³-hybridized carbons (Fsp3) is 0.300. The van der Waals surface area contributed by atoms with E-state index in [4.69, 9.17) is 21.6 Å². The molecule has 0 bridgehead atoms. The number of ether oxygens (including phenoxy) is 1. The molecule has 4 heteroatoms. The highest BCUT2D eigenvalue weighted by Gasteiger charge is 2.11. The Morgan fingerprint density at radius 3 is 2.71 bits per heavy atom. The molecular formula is C10H11ClN2O. The molecule has 0 amide bonds. The van der Waals surface area contributed by atoms with Gasteiger partial charge >= 0.3 is 0 Å². The van der Waals surface area contributed by atoms with Crippen LogP contribution in [-0.2, 0) is 0 Å². The molecule has 1 atom stereocenters. The zero-order valence-corrected chi connectivity index (χ0v) is 8.80. The van der Waals surface area contributed by atoms with Crippen molar-refractivity contribution in [1.29, 1.82) is 5.26 Å². The van der Waals surface area contributed by atoms with Crippen LogP contribution >= 0.6 is 11.6 Å². The first-order valence-corrected chi connectivity index (χ1v) is 4.51. The Morgan fingerprint density at radius 2 is 2.29 bits per heavy atom. The predicted octanol–water partition coefficient (Wildman–Crippen LogP) is 2.13. The van der Waals surface area contributed by atoms with Crippen LogP contribution in [0.5, 0.6) is 5.75 Å². The highest BCUT2D eigenvalue weighted by Crippen LogP contribution is 2.26. The van der Waals surface area contributed by atoms with Crippen LogP contribution in [0, 0.1) is 11.3 Å². The van der Waals surface area contributed by atoms with Crippen molar-refractivity contribution >= 4 is 11.6 Å². The van der Waals surface area contributed by atoms with Crippen molar-refractivity contribution < 1.29 is 4.74 Å². The van der Waals surface area contributed by atoms with Gasteiger partial charge in [-0.2, -0.15) is 5.26 Å². The topological polar surface area (TPSA) is 45.0 Å². The third-order valence-corrected chi connectivity index (χ3v) is 2.26. The van der Waals surface area contributed by atoms with E-state index in [1.165, 1.54) is 0 Å². The normalized spacial score (nSPS) is 11.9. The molecular weight excluding hydrogens is 200 g/mol. The smallest absolute Gasteiger partial charge is 0.122 e. The summed E-state index contributed by atoms with van der Waals surface area (Å²) in [5, 5.41) is 12.2. The molecule has 0 fully saturated rings. The van der Waals surface area contributed by atoms with E-state index in [0.29, 0.717) is 10.8 Å². The zero-order chi connectivity index (χ0) is 10.6. The number of halogens is 1. The van der Waals surface area contributed by atoms with E-state index in [0.717, 1.165) is 5.56 Å². The van der Waals surface area contributed by atoms with E-state index in [1.807, 2.05) is 0 Å². The fourth-order valence-corrected chi connectivity index (χ4v) is 1.44. The molecule has 0 radical (unpaired) electrons. The third-order valence-electron chi connectivity index (χ3n) is 1.94. The van der Waals surface area contributed by atoms with E-state index >= 15 is 0 Å². The van der Waals surface area contributed by atoms with Crippen molar-refractivity contribution in [3.05, 3.63) is 28.8 Å². The molecule has 1 unspecified atom stereocenters. The van der Waals surface area contributed by atoms with Gasteiger partial charge < -0.3 is 10.1 Å². The molecule has 0 saturated carbocycles. The molecule has 0 aliphatic heterocycles. The van der Waals surface area contributed by atoms with Crippen molar-refractivity contribution in [2.75, 3.05) is 14.2 Å². The van der Waals surface area contributed by atoms with Gasteiger partial charge in [0.05, 0.1) is 18.2 Å². The maximum absolute atomic E-state index is 8.83. The molecule has 3 nitrogen and oxygen atoms in total. The molecule has 0 spiro atoms. The van der Waals surface area contributed by atoms with Crippen LogP contribution in [0.1, 0.15) is 11.6 Å².